The summed E-state index contributed by atoms with van der Waals surface area (Å²) >= 11 is 0. The van der Waals surface area contributed by atoms with Crippen LogP contribution in [-0.2, 0) is 11.2 Å². The number of H-pyrrole nitrogens is 1. The topological polar surface area (TPSA) is 83.0 Å². The molecule has 5 heteroatoms. The van der Waals surface area contributed by atoms with Crippen LogP contribution in [0.5, 0.6) is 0 Å². The van der Waals surface area contributed by atoms with Gasteiger partial charge in [-0.3, -0.25) is 9.59 Å². The summed E-state index contributed by atoms with van der Waals surface area (Å²) < 4.78 is 0. The van der Waals surface area contributed by atoms with Crippen LogP contribution in [0.2, 0.25) is 0 Å². The van der Waals surface area contributed by atoms with Crippen molar-refractivity contribution < 1.29 is 9.90 Å². The van der Waals surface area contributed by atoms with Crippen LogP contribution >= 0.6 is 0 Å². The Kier molecular flexibility index (Phi) is 2.07. The molecule has 1 aliphatic rings. The summed E-state index contributed by atoms with van der Waals surface area (Å²) in [5.74, 6) is 0.0437. The number of aromatic nitrogens is 2. The zero-order valence-electron chi connectivity index (χ0n) is 7.49. The van der Waals surface area contributed by atoms with Crippen LogP contribution in [0.25, 0.3) is 0 Å². The van der Waals surface area contributed by atoms with Gasteiger partial charge in [0.2, 0.25) is 0 Å². The van der Waals surface area contributed by atoms with Gasteiger partial charge in [0, 0.05) is 17.7 Å². The maximum atomic E-state index is 11.3. The fourth-order valence-corrected chi connectivity index (χ4v) is 1.29. The summed E-state index contributed by atoms with van der Waals surface area (Å²) in [5, 5.41) is 8.50. The van der Waals surface area contributed by atoms with Crippen LogP contribution in [0.1, 0.15) is 30.1 Å². The molecule has 1 heterocycles. The fraction of sp³-hybridized carbons (Fsp3) is 0.444. The monoisotopic (exact) mass is 194 g/mol. The Morgan fingerprint density at radius 1 is 1.64 bits per heavy atom. The molecule has 74 valence electrons. The van der Waals surface area contributed by atoms with E-state index in [1.165, 1.54) is 6.20 Å². The van der Waals surface area contributed by atoms with Gasteiger partial charge in [-0.1, -0.05) is 0 Å². The first kappa shape index (κ1) is 8.93. The minimum Gasteiger partial charge on any atom is -0.481 e. The molecule has 0 atom stereocenters. The van der Waals surface area contributed by atoms with Gasteiger partial charge in [-0.25, -0.2) is 4.98 Å². The van der Waals surface area contributed by atoms with E-state index in [4.69, 9.17) is 5.11 Å². The van der Waals surface area contributed by atoms with Crippen molar-refractivity contribution in [2.45, 2.75) is 25.2 Å². The molecule has 1 aromatic heterocycles. The number of aromatic amines is 1. The van der Waals surface area contributed by atoms with Crippen LogP contribution in [-0.4, -0.2) is 21.0 Å². The van der Waals surface area contributed by atoms with Gasteiger partial charge in [-0.15, -0.1) is 0 Å². The first-order valence-corrected chi connectivity index (χ1v) is 4.46. The highest BCUT2D eigenvalue weighted by Gasteiger charge is 2.26. The van der Waals surface area contributed by atoms with Crippen LogP contribution in [0.3, 0.4) is 0 Å². The van der Waals surface area contributed by atoms with E-state index in [0.29, 0.717) is 11.7 Å². The van der Waals surface area contributed by atoms with Crippen LogP contribution < -0.4 is 5.56 Å². The molecular weight excluding hydrogens is 184 g/mol. The van der Waals surface area contributed by atoms with Gasteiger partial charge in [0.05, 0.1) is 6.42 Å². The van der Waals surface area contributed by atoms with Crippen molar-refractivity contribution in [1.82, 2.24) is 9.97 Å². The van der Waals surface area contributed by atoms with Gasteiger partial charge in [-0.2, -0.15) is 0 Å². The van der Waals surface area contributed by atoms with Crippen molar-refractivity contribution in [3.63, 3.8) is 0 Å². The minimum atomic E-state index is -1.02. The van der Waals surface area contributed by atoms with E-state index in [1.54, 1.807) is 0 Å². The molecule has 0 saturated heterocycles. The Labute approximate surface area is 79.8 Å². The van der Waals surface area contributed by atoms with E-state index >= 15 is 0 Å². The molecule has 0 amide bonds. The van der Waals surface area contributed by atoms with Gasteiger partial charge in [0.25, 0.3) is 5.56 Å². The molecule has 0 unspecified atom stereocenters. The van der Waals surface area contributed by atoms with E-state index in [2.05, 4.69) is 9.97 Å². The lowest BCUT2D eigenvalue weighted by atomic mass is 10.2. The van der Waals surface area contributed by atoms with Crippen LogP contribution in [0.4, 0.5) is 0 Å². The molecule has 1 aliphatic carbocycles. The Morgan fingerprint density at radius 2 is 2.36 bits per heavy atom. The van der Waals surface area contributed by atoms with E-state index in [0.717, 1.165) is 12.8 Å². The van der Waals surface area contributed by atoms with Crippen molar-refractivity contribution >= 4 is 5.97 Å². The molecule has 0 spiro atoms. The second kappa shape index (κ2) is 3.25. The molecule has 1 aromatic rings. The van der Waals surface area contributed by atoms with E-state index < -0.39 is 5.97 Å². The highest BCUT2D eigenvalue weighted by Crippen LogP contribution is 2.37. The van der Waals surface area contributed by atoms with Crippen molar-refractivity contribution in [2.75, 3.05) is 0 Å². The molecule has 2 rings (SSSR count). The highest BCUT2D eigenvalue weighted by atomic mass is 16.4. The van der Waals surface area contributed by atoms with Crippen molar-refractivity contribution in [3.05, 3.63) is 27.9 Å². The number of hydrogen-bond acceptors (Lipinski definition) is 3. The predicted molar refractivity (Wildman–Crippen MR) is 48.2 cm³/mol. The number of nitrogens with zero attached hydrogens (tertiary/aromatic N) is 1. The van der Waals surface area contributed by atoms with Gasteiger partial charge in [0.1, 0.15) is 5.82 Å². The van der Waals surface area contributed by atoms with Gasteiger partial charge >= 0.3 is 5.97 Å². The fourth-order valence-electron chi connectivity index (χ4n) is 1.29. The second-order valence-corrected chi connectivity index (χ2v) is 3.47. The molecule has 2 N–H and O–H groups in total. The summed E-state index contributed by atoms with van der Waals surface area (Å²) in [7, 11) is 0. The third kappa shape index (κ3) is 1.81. The van der Waals surface area contributed by atoms with E-state index in [9.17, 15) is 9.59 Å². The lowest BCUT2D eigenvalue weighted by Gasteiger charge is -1.98. The van der Waals surface area contributed by atoms with Crippen molar-refractivity contribution in [1.29, 1.82) is 0 Å². The molecule has 0 bridgehead atoms. The quantitative estimate of drug-likeness (QED) is 0.723. The first-order valence-electron chi connectivity index (χ1n) is 4.46. The zero-order valence-corrected chi connectivity index (χ0v) is 7.49. The normalized spacial score (nSPS) is 15.4. The lowest BCUT2D eigenvalue weighted by Crippen LogP contribution is -2.18. The van der Waals surface area contributed by atoms with E-state index in [1.807, 2.05) is 0 Å². The molecule has 0 aliphatic heterocycles. The van der Waals surface area contributed by atoms with Gasteiger partial charge in [-0.05, 0) is 12.8 Å². The minimum absolute atomic E-state index is 0.210. The SMILES string of the molecule is O=C(O)Cc1cnc(C2CC2)[nH]c1=O. The number of hydrogen-bond donors (Lipinski definition) is 2. The molecule has 5 nitrogen and oxygen atoms in total. The Balaban J connectivity index is 2.26. The first-order chi connectivity index (χ1) is 6.66. The Hall–Kier alpha value is -1.65. The van der Waals surface area contributed by atoms with Crippen LogP contribution in [0.15, 0.2) is 11.0 Å². The summed E-state index contributed by atoms with van der Waals surface area (Å²) in [4.78, 5) is 28.4. The maximum absolute atomic E-state index is 11.3. The number of rotatable bonds is 3. The van der Waals surface area contributed by atoms with Crippen molar-refractivity contribution in [3.8, 4) is 0 Å². The molecular formula is C9H10N2O3. The largest absolute Gasteiger partial charge is 0.481 e. The smallest absolute Gasteiger partial charge is 0.308 e. The van der Waals surface area contributed by atoms with Crippen LogP contribution in [0, 0.1) is 0 Å². The maximum Gasteiger partial charge on any atom is 0.308 e. The molecule has 1 saturated carbocycles. The lowest BCUT2D eigenvalue weighted by molar-refractivity contribution is -0.136. The molecule has 14 heavy (non-hydrogen) atoms. The van der Waals surface area contributed by atoms with Gasteiger partial charge < -0.3 is 10.1 Å². The highest BCUT2D eigenvalue weighted by molar-refractivity contribution is 5.69. The summed E-state index contributed by atoms with van der Waals surface area (Å²) in [6.45, 7) is 0. The second-order valence-electron chi connectivity index (χ2n) is 3.47. The third-order valence-electron chi connectivity index (χ3n) is 2.20. The standard InChI is InChI=1S/C9H10N2O3/c12-7(13)3-6-4-10-8(5-1-2-5)11-9(6)14/h4-5H,1-3H2,(H,12,13)(H,10,11,14). The van der Waals surface area contributed by atoms with E-state index in [-0.39, 0.29) is 17.5 Å². The average Bonchev–Trinajstić information content (AvgIpc) is 2.90. The number of carbonyl (C=O) groups is 1. The summed E-state index contributed by atoms with van der Waals surface area (Å²) in [6.07, 6.45) is 3.20. The summed E-state index contributed by atoms with van der Waals surface area (Å²) in [6, 6.07) is 0. The average molecular weight is 194 g/mol. The molecule has 1 fully saturated rings. The number of aliphatic carboxylic acids is 1. The number of carboxylic acids is 1. The Bertz CT molecular complexity index is 420. The van der Waals surface area contributed by atoms with Crippen molar-refractivity contribution in [2.24, 2.45) is 0 Å². The molecule has 0 aromatic carbocycles. The predicted octanol–water partition coefficient (Wildman–Crippen LogP) is 0.274. The third-order valence-corrected chi connectivity index (χ3v) is 2.20. The number of nitrogens with one attached hydrogen (secondary N) is 1. The zero-order chi connectivity index (χ0) is 10.1. The Morgan fingerprint density at radius 3 is 2.86 bits per heavy atom. The number of carboxylic acid groups (broad SMARTS) is 1. The molecule has 0 radical (unpaired) electrons. The summed E-state index contributed by atoms with van der Waals surface area (Å²) in [5.41, 5.74) is -0.119. The van der Waals surface area contributed by atoms with Gasteiger partial charge in [0.15, 0.2) is 0 Å².